The summed E-state index contributed by atoms with van der Waals surface area (Å²) in [5.41, 5.74) is 0.733. The zero-order chi connectivity index (χ0) is 34.5. The number of carbonyl (C=O) groups is 2. The number of rotatable bonds is 5. The Hall–Kier alpha value is -1.52. The largest absolute Gasteiger partial charge is 0.481 e. The predicted molar refractivity (Wildman–Crippen MR) is 177 cm³/mol. The molecule has 47 heavy (non-hydrogen) atoms. The van der Waals surface area contributed by atoms with E-state index in [1.54, 1.807) is 0 Å². The molecule has 0 aromatic heterocycles. The monoisotopic (exact) mass is 659 g/mol. The summed E-state index contributed by atoms with van der Waals surface area (Å²) in [5.74, 6) is -0.0617. The molecular formula is C38H61NO8. The average molecular weight is 660 g/mol. The molecule has 5 N–H and O–H groups in total. The fourth-order valence-corrected chi connectivity index (χ4v) is 12.6. The molecule has 0 aromatic carbocycles. The zero-order valence-electron chi connectivity index (χ0n) is 30.0. The van der Waals surface area contributed by atoms with Crippen LogP contribution in [0.15, 0.2) is 11.6 Å². The van der Waals surface area contributed by atoms with Gasteiger partial charge in [0.05, 0.1) is 18.1 Å². The first-order valence-electron chi connectivity index (χ1n) is 18.3. The van der Waals surface area contributed by atoms with Crippen LogP contribution in [-0.4, -0.2) is 75.7 Å². The van der Waals surface area contributed by atoms with E-state index in [-0.39, 0.29) is 45.0 Å². The molecule has 13 atom stereocenters. The molecule has 1 heterocycles. The normalized spacial score (nSPS) is 50.1. The van der Waals surface area contributed by atoms with Gasteiger partial charge >= 0.3 is 5.97 Å². The van der Waals surface area contributed by atoms with Gasteiger partial charge in [0.25, 0.3) is 0 Å². The number of hydrogen-bond donors (Lipinski definition) is 5. The third kappa shape index (κ3) is 5.10. The van der Waals surface area contributed by atoms with E-state index in [1.807, 2.05) is 0 Å². The minimum absolute atomic E-state index is 0.0440. The molecule has 9 heteroatoms. The van der Waals surface area contributed by atoms with Crippen LogP contribution < -0.4 is 5.32 Å². The summed E-state index contributed by atoms with van der Waals surface area (Å²) in [6.45, 7) is 17.6. The minimum atomic E-state index is -1.35. The van der Waals surface area contributed by atoms with Crippen molar-refractivity contribution in [3.63, 3.8) is 0 Å². The number of ether oxygens (including phenoxy) is 2. The van der Waals surface area contributed by atoms with Gasteiger partial charge in [0.2, 0.25) is 5.91 Å². The van der Waals surface area contributed by atoms with Crippen molar-refractivity contribution in [2.75, 3.05) is 6.61 Å². The van der Waals surface area contributed by atoms with Crippen molar-refractivity contribution >= 4 is 11.9 Å². The summed E-state index contributed by atoms with van der Waals surface area (Å²) in [6.07, 6.45) is 6.79. The molecule has 0 unspecified atom stereocenters. The van der Waals surface area contributed by atoms with Crippen LogP contribution in [0.2, 0.25) is 0 Å². The number of aliphatic hydroxyl groups excluding tert-OH is 3. The fourth-order valence-electron chi connectivity index (χ4n) is 12.6. The molecule has 5 aliphatic carbocycles. The Balaban J connectivity index is 1.29. The van der Waals surface area contributed by atoms with Gasteiger partial charge in [-0.1, -0.05) is 60.1 Å². The standard InChI is InChI=1S/C38H61NO8/c1-21(41)39-28-30(43)29(42)24(20-40)46-31(28)47-27-12-13-35(6)25(34(27,4)5)11-14-37(8)26(35)10-9-22-23-19-33(2,3)15-17-38(23,32(44)45)18-16-36(22,37)7/h9,23-31,40,42-43H,10-20H2,1-8H3,(H,39,41)(H,44,45)/t23-,24-,25-,26+,27+,28-,29-,30-,31+,35+,36-,37-,38+/m1/s1. The number of amides is 1. The Bertz CT molecular complexity index is 1300. The lowest BCUT2D eigenvalue weighted by molar-refractivity contribution is -0.306. The number of carboxylic acid groups (broad SMARTS) is 1. The lowest BCUT2D eigenvalue weighted by Crippen LogP contribution is -2.67. The molecule has 5 fully saturated rings. The number of fused-ring (bicyclic) bond motifs is 7. The summed E-state index contributed by atoms with van der Waals surface area (Å²) in [4.78, 5) is 25.0. The van der Waals surface area contributed by atoms with Crippen LogP contribution in [0.5, 0.6) is 0 Å². The maximum absolute atomic E-state index is 13.0. The first kappa shape index (κ1) is 35.3. The smallest absolute Gasteiger partial charge is 0.310 e. The first-order chi connectivity index (χ1) is 21.8. The topological polar surface area (TPSA) is 146 Å². The molecule has 266 valence electrons. The van der Waals surface area contributed by atoms with Crippen LogP contribution >= 0.6 is 0 Å². The van der Waals surface area contributed by atoms with Crippen molar-refractivity contribution in [1.82, 2.24) is 5.32 Å². The Morgan fingerprint density at radius 2 is 1.62 bits per heavy atom. The molecule has 0 radical (unpaired) electrons. The van der Waals surface area contributed by atoms with E-state index in [4.69, 9.17) is 9.47 Å². The van der Waals surface area contributed by atoms with Gasteiger partial charge in [0.1, 0.15) is 24.4 Å². The van der Waals surface area contributed by atoms with Crippen LogP contribution in [0.4, 0.5) is 0 Å². The molecule has 4 saturated carbocycles. The fraction of sp³-hybridized carbons (Fsp3) is 0.895. The third-order valence-corrected chi connectivity index (χ3v) is 15.6. The number of allylic oxidation sites excluding steroid dienone is 2. The number of carbonyl (C=O) groups excluding carboxylic acids is 1. The number of nitrogens with one attached hydrogen (secondary N) is 1. The molecule has 1 saturated heterocycles. The van der Waals surface area contributed by atoms with Crippen LogP contribution in [0.1, 0.15) is 120 Å². The Labute approximate surface area is 281 Å². The second-order valence-corrected chi connectivity index (χ2v) is 18.6. The SMILES string of the molecule is CC(=O)N[C@H]1[C@H](O[C@H]2CC[C@@]3(C)[C@H](CC[C@]4(C)[C@H]3CC=C3[C@H]5CC(C)(C)CC[C@]5(C(=O)O)CC[C@]34C)C2(C)C)O[C@H](CO)[C@@H](O)[C@@H]1O. The van der Waals surface area contributed by atoms with Crippen molar-refractivity contribution in [2.45, 2.75) is 156 Å². The molecule has 1 amide bonds. The Morgan fingerprint density at radius 3 is 2.26 bits per heavy atom. The highest BCUT2D eigenvalue weighted by Crippen LogP contribution is 2.76. The lowest BCUT2D eigenvalue weighted by atomic mass is 9.33. The van der Waals surface area contributed by atoms with E-state index in [0.29, 0.717) is 11.8 Å². The first-order valence-corrected chi connectivity index (χ1v) is 18.3. The van der Waals surface area contributed by atoms with Crippen LogP contribution in [0.25, 0.3) is 0 Å². The summed E-state index contributed by atoms with van der Waals surface area (Å²) < 4.78 is 12.7. The van der Waals surface area contributed by atoms with Gasteiger partial charge < -0.3 is 35.2 Å². The highest BCUT2D eigenvalue weighted by Gasteiger charge is 2.69. The molecular weight excluding hydrogens is 598 g/mol. The molecule has 0 aromatic rings. The summed E-state index contributed by atoms with van der Waals surface area (Å²) >= 11 is 0. The Kier molecular flexibility index (Phi) is 8.65. The zero-order valence-corrected chi connectivity index (χ0v) is 30.0. The second-order valence-electron chi connectivity index (χ2n) is 18.6. The van der Waals surface area contributed by atoms with E-state index in [0.717, 1.165) is 64.2 Å². The van der Waals surface area contributed by atoms with Crippen molar-refractivity contribution < 1.29 is 39.5 Å². The lowest BCUT2D eigenvalue weighted by Gasteiger charge is -2.71. The van der Waals surface area contributed by atoms with E-state index in [1.165, 1.54) is 12.5 Å². The minimum Gasteiger partial charge on any atom is -0.481 e. The maximum atomic E-state index is 13.0. The van der Waals surface area contributed by atoms with Crippen LogP contribution in [0, 0.1) is 50.2 Å². The van der Waals surface area contributed by atoms with Crippen molar-refractivity contribution in [3.8, 4) is 0 Å². The van der Waals surface area contributed by atoms with Crippen LogP contribution in [0.3, 0.4) is 0 Å². The second kappa shape index (κ2) is 11.5. The molecule has 6 aliphatic rings. The molecule has 9 nitrogen and oxygen atoms in total. The van der Waals surface area contributed by atoms with Crippen molar-refractivity contribution in [3.05, 3.63) is 11.6 Å². The van der Waals surface area contributed by atoms with Gasteiger partial charge in [0.15, 0.2) is 6.29 Å². The van der Waals surface area contributed by atoms with Gasteiger partial charge in [0, 0.05) is 6.92 Å². The highest BCUT2D eigenvalue weighted by atomic mass is 16.7. The van der Waals surface area contributed by atoms with Gasteiger partial charge in [-0.3, -0.25) is 9.59 Å². The number of aliphatic carboxylic acids is 1. The molecule has 0 spiro atoms. The quantitative estimate of drug-likeness (QED) is 0.200. The molecule has 0 bridgehead atoms. The number of carboxylic acids is 1. The van der Waals surface area contributed by atoms with Crippen molar-refractivity contribution in [1.29, 1.82) is 0 Å². The van der Waals surface area contributed by atoms with Crippen molar-refractivity contribution in [2.24, 2.45) is 50.2 Å². The molecule has 1 aliphatic heterocycles. The summed E-state index contributed by atoms with van der Waals surface area (Å²) in [5, 5.41) is 44.7. The molecule has 6 rings (SSSR count). The van der Waals surface area contributed by atoms with Gasteiger partial charge in [-0.05, 0) is 109 Å². The van der Waals surface area contributed by atoms with E-state index in [2.05, 4.69) is 59.9 Å². The Morgan fingerprint density at radius 1 is 0.936 bits per heavy atom. The average Bonchev–Trinajstić information content (AvgIpc) is 2.97. The summed E-state index contributed by atoms with van der Waals surface area (Å²) in [7, 11) is 0. The maximum Gasteiger partial charge on any atom is 0.310 e. The van der Waals surface area contributed by atoms with Crippen LogP contribution in [-0.2, 0) is 19.1 Å². The number of aliphatic hydroxyl groups is 3. The number of hydrogen-bond acceptors (Lipinski definition) is 7. The van der Waals surface area contributed by atoms with Gasteiger partial charge in [-0.15, -0.1) is 0 Å². The highest BCUT2D eigenvalue weighted by molar-refractivity contribution is 5.76. The summed E-state index contributed by atoms with van der Waals surface area (Å²) in [6, 6.07) is -0.958. The predicted octanol–water partition coefficient (Wildman–Crippen LogP) is 5.20. The third-order valence-electron chi connectivity index (χ3n) is 15.6. The van der Waals surface area contributed by atoms with E-state index in [9.17, 15) is 30.0 Å². The van der Waals surface area contributed by atoms with Gasteiger partial charge in [-0.2, -0.15) is 0 Å². The van der Waals surface area contributed by atoms with E-state index < -0.39 is 48.6 Å². The van der Waals surface area contributed by atoms with E-state index >= 15 is 0 Å². The van der Waals surface area contributed by atoms with Gasteiger partial charge in [-0.25, -0.2) is 0 Å².